The second-order valence-corrected chi connectivity index (χ2v) is 16.8. The average molecular weight is 800 g/mol. The fraction of sp³-hybridized carbons (Fsp3) is 0.378. The molecular formula is C45H49N7O5S. The number of aryl methyl sites for hydroxylation is 2. The quantitative estimate of drug-likeness (QED) is 0.0667. The van der Waals surface area contributed by atoms with Gasteiger partial charge in [-0.15, -0.1) is 11.3 Å². The van der Waals surface area contributed by atoms with E-state index in [1.165, 1.54) is 15.9 Å². The number of imide groups is 1. The summed E-state index contributed by atoms with van der Waals surface area (Å²) < 4.78 is 4.17. The molecule has 4 N–H and O–H groups in total. The van der Waals surface area contributed by atoms with Crippen molar-refractivity contribution in [1.29, 1.82) is 0 Å². The van der Waals surface area contributed by atoms with Gasteiger partial charge in [0.2, 0.25) is 17.7 Å². The summed E-state index contributed by atoms with van der Waals surface area (Å²) in [6.45, 7) is 3.15. The Morgan fingerprint density at radius 1 is 0.879 bits per heavy atom. The first kappa shape index (κ1) is 39.0. The molecule has 3 aromatic heterocycles. The summed E-state index contributed by atoms with van der Waals surface area (Å²) >= 11 is 1.51. The maximum Gasteiger partial charge on any atom is 0.329 e. The van der Waals surface area contributed by atoms with E-state index in [9.17, 15) is 24.0 Å². The number of anilines is 1. The predicted octanol–water partition coefficient (Wildman–Crippen LogP) is 7.27. The summed E-state index contributed by atoms with van der Waals surface area (Å²) in [6, 6.07) is 21.7. The van der Waals surface area contributed by atoms with Gasteiger partial charge in [0.25, 0.3) is 5.91 Å². The Morgan fingerprint density at radius 3 is 2.43 bits per heavy atom. The fourth-order valence-electron chi connectivity index (χ4n) is 8.26. The summed E-state index contributed by atoms with van der Waals surface area (Å²) in [5, 5.41) is 14.0. The smallest absolute Gasteiger partial charge is 0.329 e. The lowest BCUT2D eigenvalue weighted by atomic mass is 10.0. The van der Waals surface area contributed by atoms with Crippen molar-refractivity contribution in [2.45, 2.75) is 96.2 Å². The fourth-order valence-corrected chi connectivity index (χ4v) is 9.36. The van der Waals surface area contributed by atoms with Crippen LogP contribution in [0.4, 0.5) is 5.69 Å². The highest BCUT2D eigenvalue weighted by Gasteiger charge is 2.31. The summed E-state index contributed by atoms with van der Waals surface area (Å²) in [5.74, 6) is -0.684. The minimum Gasteiger partial charge on any atom is -0.381 e. The Balaban J connectivity index is 0.738. The van der Waals surface area contributed by atoms with Gasteiger partial charge in [0.1, 0.15) is 10.9 Å². The third-order valence-electron chi connectivity index (χ3n) is 11.5. The van der Waals surface area contributed by atoms with Gasteiger partial charge in [-0.25, -0.2) is 9.78 Å². The number of thiophene rings is 1. The molecule has 1 fully saturated rings. The predicted molar refractivity (Wildman–Crippen MR) is 229 cm³/mol. The van der Waals surface area contributed by atoms with E-state index >= 15 is 0 Å². The first-order chi connectivity index (χ1) is 28.1. The van der Waals surface area contributed by atoms with Gasteiger partial charge in [-0.2, -0.15) is 0 Å². The van der Waals surface area contributed by atoms with Crippen molar-refractivity contribution in [3.05, 3.63) is 93.2 Å². The number of fused-ring (bicyclic) bond motifs is 6. The van der Waals surface area contributed by atoms with Crippen LogP contribution in [-0.2, 0) is 34.4 Å². The van der Waals surface area contributed by atoms with Gasteiger partial charge in [-0.1, -0.05) is 62.4 Å². The molecule has 3 aromatic carbocycles. The molecule has 2 aliphatic rings. The molecule has 1 unspecified atom stereocenters. The number of carbonyl (C=O) groups is 4. The molecule has 0 aliphatic carbocycles. The number of amides is 4. The van der Waals surface area contributed by atoms with E-state index in [1.807, 2.05) is 67.6 Å². The van der Waals surface area contributed by atoms with Crippen LogP contribution in [0.2, 0.25) is 0 Å². The van der Waals surface area contributed by atoms with E-state index in [0.29, 0.717) is 36.3 Å². The van der Waals surface area contributed by atoms with Crippen LogP contribution in [0.15, 0.2) is 71.5 Å². The van der Waals surface area contributed by atoms with Crippen molar-refractivity contribution in [3.63, 3.8) is 0 Å². The van der Waals surface area contributed by atoms with Gasteiger partial charge < -0.3 is 16.0 Å². The maximum atomic E-state index is 13.0. The zero-order chi connectivity index (χ0) is 40.3. The highest BCUT2D eigenvalue weighted by atomic mass is 32.1. The monoisotopic (exact) mass is 799 g/mol. The minimum absolute atomic E-state index is 0.0357. The molecule has 58 heavy (non-hydrogen) atoms. The second kappa shape index (κ2) is 17.0. The Kier molecular flexibility index (Phi) is 11.4. The van der Waals surface area contributed by atoms with Crippen LogP contribution >= 0.6 is 11.3 Å². The SMILES string of the molecule is C[C@@H]1CNc2c(sc3ccc4nc(-c5ccc(CNC(=O)CCCCCCCCCc6ccc7c(c6)n(C)c(=O)n7C6CCC(=O)NC6=O)cc5)ccc4c23)C(=O)N1. The van der Waals surface area contributed by atoms with Crippen molar-refractivity contribution in [2.24, 2.45) is 7.05 Å². The third kappa shape index (κ3) is 8.13. The van der Waals surface area contributed by atoms with E-state index in [2.05, 4.69) is 27.3 Å². The first-order valence-corrected chi connectivity index (χ1v) is 21.3. The van der Waals surface area contributed by atoms with Crippen LogP contribution in [0.3, 0.4) is 0 Å². The van der Waals surface area contributed by atoms with Crippen LogP contribution in [0.25, 0.3) is 43.3 Å². The van der Waals surface area contributed by atoms with Crippen LogP contribution in [0.5, 0.6) is 0 Å². The molecule has 5 heterocycles. The molecule has 0 saturated carbocycles. The summed E-state index contributed by atoms with van der Waals surface area (Å²) in [7, 11) is 1.72. The minimum atomic E-state index is -0.674. The molecule has 300 valence electrons. The van der Waals surface area contributed by atoms with Gasteiger partial charge in [0.05, 0.1) is 27.9 Å². The van der Waals surface area contributed by atoms with E-state index < -0.39 is 11.9 Å². The zero-order valence-corrected chi connectivity index (χ0v) is 33.8. The van der Waals surface area contributed by atoms with Crippen LogP contribution in [0, 0.1) is 0 Å². The van der Waals surface area contributed by atoms with Crippen molar-refractivity contribution in [1.82, 2.24) is 30.1 Å². The molecule has 8 rings (SSSR count). The highest BCUT2D eigenvalue weighted by Crippen LogP contribution is 2.41. The largest absolute Gasteiger partial charge is 0.381 e. The lowest BCUT2D eigenvalue weighted by molar-refractivity contribution is -0.135. The van der Waals surface area contributed by atoms with Crippen molar-refractivity contribution in [3.8, 4) is 11.3 Å². The lowest BCUT2D eigenvalue weighted by Crippen LogP contribution is -2.44. The van der Waals surface area contributed by atoms with Crippen molar-refractivity contribution >= 4 is 72.7 Å². The number of rotatable bonds is 14. The Labute approximate surface area is 340 Å². The molecular weight excluding hydrogens is 751 g/mol. The molecule has 0 bridgehead atoms. The number of hydrogen-bond acceptors (Lipinski definition) is 8. The lowest BCUT2D eigenvalue weighted by Gasteiger charge is -2.21. The number of pyridine rings is 1. The summed E-state index contributed by atoms with van der Waals surface area (Å²) in [5.41, 5.74) is 7.10. The summed E-state index contributed by atoms with van der Waals surface area (Å²) in [4.78, 5) is 68.2. The van der Waals surface area contributed by atoms with Gasteiger partial charge in [-0.3, -0.25) is 33.6 Å². The van der Waals surface area contributed by atoms with Crippen LogP contribution < -0.4 is 27.0 Å². The van der Waals surface area contributed by atoms with E-state index in [4.69, 9.17) is 4.98 Å². The number of nitrogens with zero attached hydrogens (tertiary/aromatic N) is 3. The molecule has 2 aliphatic heterocycles. The molecule has 4 amide bonds. The molecule has 6 aromatic rings. The first-order valence-electron chi connectivity index (χ1n) is 20.4. The van der Waals surface area contributed by atoms with Gasteiger partial charge in [-0.05, 0) is 80.1 Å². The van der Waals surface area contributed by atoms with Gasteiger partial charge in [0.15, 0.2) is 0 Å². The topological polar surface area (TPSA) is 156 Å². The normalized spacial score (nSPS) is 16.9. The van der Waals surface area contributed by atoms with Gasteiger partial charge in [0, 0.05) is 60.1 Å². The number of imidazole rings is 1. The molecule has 12 nitrogen and oxygen atoms in total. The third-order valence-corrected chi connectivity index (χ3v) is 12.6. The van der Waals surface area contributed by atoms with E-state index in [1.54, 1.807) is 11.6 Å². The molecule has 1 saturated heterocycles. The van der Waals surface area contributed by atoms with Crippen LogP contribution in [0.1, 0.15) is 98.0 Å². The van der Waals surface area contributed by atoms with E-state index in [0.717, 1.165) is 106 Å². The molecule has 13 heteroatoms. The number of piperidine rings is 1. The zero-order valence-electron chi connectivity index (χ0n) is 33.0. The number of nitrogens with one attached hydrogen (secondary N) is 4. The Hall–Kier alpha value is -5.82. The van der Waals surface area contributed by atoms with Gasteiger partial charge >= 0.3 is 5.69 Å². The summed E-state index contributed by atoms with van der Waals surface area (Å²) in [6.07, 6.45) is 9.44. The number of unbranched alkanes of at least 4 members (excludes halogenated alkanes) is 6. The Bertz CT molecular complexity index is 2610. The Morgan fingerprint density at radius 2 is 1.64 bits per heavy atom. The number of benzene rings is 3. The van der Waals surface area contributed by atoms with Crippen molar-refractivity contribution < 1.29 is 19.2 Å². The number of hydrogen-bond donors (Lipinski definition) is 4. The standard InChI is InChI=1S/C45H49N7O5S/c1-27-25-47-41-40-31-17-18-32(49-33(31)19-22-37(40)58-42(41)44(56)48-27)30-15-12-29(13-16-30)26-46-38(53)11-9-7-5-3-4-6-8-10-28-14-20-34-36(24-28)51(2)45(57)52(34)35-21-23-39(54)50-43(35)55/h12-20,22,24,27,35,47H,3-11,21,23,25-26H2,1-2H3,(H,46,53)(H,48,56)(H,50,54,55)/t27-,35?/m1/s1. The molecule has 0 radical (unpaired) electrons. The number of carbonyl (C=O) groups excluding carboxylic acids is 4. The van der Waals surface area contributed by atoms with E-state index in [-0.39, 0.29) is 35.9 Å². The highest BCUT2D eigenvalue weighted by molar-refractivity contribution is 7.21. The average Bonchev–Trinajstić information content (AvgIpc) is 3.67. The number of aromatic nitrogens is 3. The second-order valence-electron chi connectivity index (χ2n) is 15.7. The maximum absolute atomic E-state index is 13.0. The molecule has 0 spiro atoms. The van der Waals surface area contributed by atoms with Crippen molar-refractivity contribution in [2.75, 3.05) is 11.9 Å². The molecule has 2 atom stereocenters. The van der Waals surface area contributed by atoms with Crippen LogP contribution in [-0.4, -0.2) is 50.3 Å².